The summed E-state index contributed by atoms with van der Waals surface area (Å²) < 4.78 is 6.68. The van der Waals surface area contributed by atoms with E-state index in [1.165, 1.54) is 23.1 Å². The zero-order valence-corrected chi connectivity index (χ0v) is 17.2. The highest BCUT2D eigenvalue weighted by molar-refractivity contribution is 7.99. The molecule has 0 radical (unpaired) electrons. The third-order valence-electron chi connectivity index (χ3n) is 4.89. The maximum absolute atomic E-state index is 12.7. The first-order chi connectivity index (χ1) is 13.5. The van der Waals surface area contributed by atoms with E-state index in [1.807, 2.05) is 0 Å². The Hall–Kier alpha value is -2.20. The molecule has 2 atom stereocenters. The molecule has 4 rings (SSSR count). The molecule has 2 aromatic heterocycles. The highest BCUT2D eigenvalue weighted by Gasteiger charge is 2.34. The van der Waals surface area contributed by atoms with Gasteiger partial charge in [0.2, 0.25) is 5.91 Å². The fourth-order valence-corrected chi connectivity index (χ4v) is 5.51. The van der Waals surface area contributed by atoms with Crippen LogP contribution in [0.4, 0.5) is 5.13 Å². The Bertz CT molecular complexity index is 1000. The summed E-state index contributed by atoms with van der Waals surface area (Å²) in [7, 11) is 0. The largest absolute Gasteiger partial charge is 0.465 e. The van der Waals surface area contributed by atoms with Crippen molar-refractivity contribution >= 4 is 40.1 Å². The quantitative estimate of drug-likeness (QED) is 0.596. The number of rotatable bonds is 4. The molecule has 28 heavy (non-hydrogen) atoms. The van der Waals surface area contributed by atoms with Gasteiger partial charge in [-0.05, 0) is 26.7 Å². The van der Waals surface area contributed by atoms with Gasteiger partial charge in [0.05, 0.1) is 18.2 Å². The van der Waals surface area contributed by atoms with Crippen LogP contribution in [-0.4, -0.2) is 38.8 Å². The van der Waals surface area contributed by atoms with Gasteiger partial charge in [0.1, 0.15) is 5.92 Å². The number of anilines is 1. The van der Waals surface area contributed by atoms with Crippen LogP contribution in [0.15, 0.2) is 16.1 Å². The van der Waals surface area contributed by atoms with Crippen LogP contribution >= 0.6 is 23.1 Å². The van der Waals surface area contributed by atoms with Crippen molar-refractivity contribution in [1.29, 1.82) is 0 Å². The topological polar surface area (TPSA) is 103 Å². The van der Waals surface area contributed by atoms with E-state index >= 15 is 0 Å². The van der Waals surface area contributed by atoms with Gasteiger partial charge in [-0.3, -0.25) is 19.0 Å². The van der Waals surface area contributed by atoms with Crippen LogP contribution in [0.3, 0.4) is 0 Å². The number of amides is 1. The Morgan fingerprint density at radius 3 is 3.04 bits per heavy atom. The third-order valence-corrected chi connectivity index (χ3v) is 7.09. The number of aromatic nitrogens is 3. The molecule has 0 unspecified atom stereocenters. The van der Waals surface area contributed by atoms with E-state index in [9.17, 15) is 14.4 Å². The zero-order chi connectivity index (χ0) is 19.8. The van der Waals surface area contributed by atoms with Crippen molar-refractivity contribution in [1.82, 2.24) is 14.5 Å². The molecule has 148 valence electrons. The molecule has 0 spiro atoms. The van der Waals surface area contributed by atoms with Gasteiger partial charge < -0.3 is 10.1 Å². The Kier molecular flexibility index (Phi) is 5.24. The minimum atomic E-state index is -0.349. The molecule has 0 bridgehead atoms. The second-order valence-corrected chi connectivity index (χ2v) is 8.88. The Balaban J connectivity index is 1.47. The van der Waals surface area contributed by atoms with Crippen LogP contribution in [0, 0.1) is 12.8 Å². The van der Waals surface area contributed by atoms with Crippen molar-refractivity contribution in [2.45, 2.75) is 44.3 Å². The number of carbonyl (C=O) groups excluding carboxylic acids is 2. The number of ether oxygens (including phenoxy) is 1. The maximum Gasteiger partial charge on any atom is 0.315 e. The first-order valence-corrected chi connectivity index (χ1v) is 10.9. The van der Waals surface area contributed by atoms with Crippen molar-refractivity contribution in [3.63, 3.8) is 0 Å². The number of esters is 1. The molecular weight excluding hydrogens is 400 g/mol. The van der Waals surface area contributed by atoms with Crippen LogP contribution in [-0.2, 0) is 27.3 Å². The van der Waals surface area contributed by atoms with E-state index in [0.717, 1.165) is 17.0 Å². The van der Waals surface area contributed by atoms with Crippen LogP contribution < -0.4 is 10.9 Å². The predicted octanol–water partition coefficient (Wildman–Crippen LogP) is 1.96. The van der Waals surface area contributed by atoms with E-state index < -0.39 is 0 Å². The van der Waals surface area contributed by atoms with Gasteiger partial charge in [-0.15, -0.1) is 11.3 Å². The molecule has 2 aromatic rings. The van der Waals surface area contributed by atoms with Gasteiger partial charge in [-0.25, -0.2) is 9.97 Å². The molecular formula is C18H20N4O4S2. The molecule has 0 fully saturated rings. The number of fused-ring (bicyclic) bond motifs is 2. The van der Waals surface area contributed by atoms with Gasteiger partial charge in [0.25, 0.3) is 5.56 Å². The lowest BCUT2D eigenvalue weighted by molar-refractivity contribution is -0.145. The summed E-state index contributed by atoms with van der Waals surface area (Å²) in [5.41, 5.74) is 1.17. The molecule has 10 heteroatoms. The van der Waals surface area contributed by atoms with Gasteiger partial charge in [0.15, 0.2) is 10.3 Å². The van der Waals surface area contributed by atoms with Crippen LogP contribution in [0.2, 0.25) is 0 Å². The van der Waals surface area contributed by atoms with Crippen molar-refractivity contribution in [3.8, 4) is 0 Å². The number of aryl methyl sites for hydroxylation is 2. The minimum absolute atomic E-state index is 0.111. The van der Waals surface area contributed by atoms with Gasteiger partial charge in [-0.2, -0.15) is 0 Å². The molecule has 1 N–H and O–H groups in total. The average molecular weight is 421 g/mol. The maximum atomic E-state index is 12.7. The molecule has 2 aliphatic rings. The summed E-state index contributed by atoms with van der Waals surface area (Å²) in [5.74, 6) is -0.573. The first kappa shape index (κ1) is 19.1. The predicted molar refractivity (Wildman–Crippen MR) is 106 cm³/mol. The van der Waals surface area contributed by atoms with Crippen molar-refractivity contribution in [2.75, 3.05) is 17.7 Å². The van der Waals surface area contributed by atoms with E-state index in [4.69, 9.17) is 4.74 Å². The summed E-state index contributed by atoms with van der Waals surface area (Å²) in [4.78, 5) is 46.9. The number of nitrogens with zero attached hydrogens (tertiary/aromatic N) is 3. The summed E-state index contributed by atoms with van der Waals surface area (Å²) in [6, 6.07) is 0. The van der Waals surface area contributed by atoms with Crippen LogP contribution in [0.25, 0.3) is 0 Å². The van der Waals surface area contributed by atoms with E-state index in [1.54, 1.807) is 24.6 Å². The standard InChI is InChI=1S/C18H20N4O4S2/c1-3-26-16(25)11-4-5-12-13(11)20-17(28-12)21-14(23)10-7-22-15(24)9(2)6-19-18(22)27-8-10/h6,10-11H,3-5,7-8H2,1-2H3,(H,20,21,23)/t10-,11+/m1/s1. The molecule has 8 nitrogen and oxygen atoms in total. The number of hydrogen-bond acceptors (Lipinski definition) is 8. The monoisotopic (exact) mass is 420 g/mol. The zero-order valence-electron chi connectivity index (χ0n) is 15.6. The fourth-order valence-electron chi connectivity index (χ4n) is 3.42. The van der Waals surface area contributed by atoms with Gasteiger partial charge in [-0.1, -0.05) is 11.8 Å². The average Bonchev–Trinajstić information content (AvgIpc) is 3.24. The van der Waals surface area contributed by atoms with Crippen molar-refractivity contribution in [3.05, 3.63) is 32.7 Å². The molecule has 0 saturated carbocycles. The van der Waals surface area contributed by atoms with Gasteiger partial charge >= 0.3 is 5.97 Å². The minimum Gasteiger partial charge on any atom is -0.465 e. The molecule has 0 saturated heterocycles. The highest BCUT2D eigenvalue weighted by atomic mass is 32.2. The second-order valence-electron chi connectivity index (χ2n) is 6.81. The number of hydrogen-bond donors (Lipinski definition) is 1. The summed E-state index contributed by atoms with van der Waals surface area (Å²) in [6.07, 6.45) is 3.03. The number of nitrogens with one attached hydrogen (secondary N) is 1. The van der Waals surface area contributed by atoms with Crippen LogP contribution in [0.5, 0.6) is 0 Å². The SMILES string of the molecule is CCOC(=O)[C@H]1CCc2sc(NC(=O)[C@H]3CSc4ncc(C)c(=O)n4C3)nc21. The number of carbonyl (C=O) groups is 2. The molecule has 1 aliphatic carbocycles. The van der Waals surface area contributed by atoms with E-state index in [2.05, 4.69) is 15.3 Å². The lowest BCUT2D eigenvalue weighted by Crippen LogP contribution is -2.37. The highest BCUT2D eigenvalue weighted by Crippen LogP contribution is 2.39. The van der Waals surface area contributed by atoms with Crippen molar-refractivity contribution < 1.29 is 14.3 Å². The number of thiazole rings is 1. The van der Waals surface area contributed by atoms with E-state index in [0.29, 0.717) is 41.2 Å². The summed E-state index contributed by atoms with van der Waals surface area (Å²) in [6.45, 7) is 4.14. The molecule has 1 aliphatic heterocycles. The van der Waals surface area contributed by atoms with E-state index in [-0.39, 0.29) is 29.3 Å². The Morgan fingerprint density at radius 2 is 2.25 bits per heavy atom. The first-order valence-electron chi connectivity index (χ1n) is 9.14. The van der Waals surface area contributed by atoms with Crippen LogP contribution in [0.1, 0.15) is 35.4 Å². The molecule has 1 amide bonds. The third kappa shape index (κ3) is 3.46. The lowest BCUT2D eigenvalue weighted by atomic mass is 10.1. The summed E-state index contributed by atoms with van der Waals surface area (Å²) >= 11 is 2.81. The Labute approximate surface area is 169 Å². The normalized spacial score (nSPS) is 20.4. The number of thioether (sulfide) groups is 1. The molecule has 3 heterocycles. The van der Waals surface area contributed by atoms with Crippen molar-refractivity contribution in [2.24, 2.45) is 5.92 Å². The smallest absolute Gasteiger partial charge is 0.315 e. The molecule has 0 aromatic carbocycles. The lowest BCUT2D eigenvalue weighted by Gasteiger charge is -2.23. The van der Waals surface area contributed by atoms with Gasteiger partial charge in [0, 0.05) is 28.9 Å². The summed E-state index contributed by atoms with van der Waals surface area (Å²) in [5, 5.41) is 4.00. The Morgan fingerprint density at radius 1 is 1.43 bits per heavy atom. The fraction of sp³-hybridized carbons (Fsp3) is 0.500. The second kappa shape index (κ2) is 7.67.